The van der Waals surface area contributed by atoms with Crippen LogP contribution in [0.5, 0.6) is 0 Å². The van der Waals surface area contributed by atoms with Gasteiger partial charge >= 0.3 is 0 Å². The van der Waals surface area contributed by atoms with Crippen LogP contribution in [-0.2, 0) is 0 Å². The van der Waals surface area contributed by atoms with Gasteiger partial charge in [-0.2, -0.15) is 0 Å². The summed E-state index contributed by atoms with van der Waals surface area (Å²) >= 11 is 3.13. The smallest absolute Gasteiger partial charge is 0.150 e. The SMILES string of the molecule is Fc1cc(F)c(NC2=NCCCC2)c(Br)c1. The van der Waals surface area contributed by atoms with Crippen molar-refractivity contribution in [3.63, 3.8) is 0 Å². The molecular weight excluding hydrogens is 278 g/mol. The molecule has 0 saturated heterocycles. The summed E-state index contributed by atoms with van der Waals surface area (Å²) in [5.74, 6) is -0.446. The van der Waals surface area contributed by atoms with Crippen LogP contribution in [0.3, 0.4) is 0 Å². The second-order valence-electron chi connectivity index (χ2n) is 3.65. The van der Waals surface area contributed by atoms with Crippen molar-refractivity contribution >= 4 is 27.5 Å². The van der Waals surface area contributed by atoms with Crippen molar-refractivity contribution in [1.82, 2.24) is 0 Å². The van der Waals surface area contributed by atoms with Crippen molar-refractivity contribution in [2.45, 2.75) is 19.3 Å². The minimum atomic E-state index is -0.611. The quantitative estimate of drug-likeness (QED) is 0.837. The third-order valence-electron chi connectivity index (χ3n) is 2.40. The standard InChI is InChI=1S/C11H11BrF2N2/c12-8-5-7(13)6-9(14)11(8)16-10-3-1-2-4-15-10/h5-6H,1-4H2,(H,15,16). The molecule has 0 aromatic heterocycles. The average Bonchev–Trinajstić information content (AvgIpc) is 2.25. The number of amidine groups is 1. The van der Waals surface area contributed by atoms with Crippen molar-refractivity contribution < 1.29 is 8.78 Å². The summed E-state index contributed by atoms with van der Waals surface area (Å²) in [6.45, 7) is 0.767. The lowest BCUT2D eigenvalue weighted by atomic mass is 10.1. The minimum Gasteiger partial charge on any atom is -0.341 e. The Morgan fingerprint density at radius 3 is 2.69 bits per heavy atom. The number of hydrogen-bond donors (Lipinski definition) is 1. The predicted molar refractivity (Wildman–Crippen MR) is 63.8 cm³/mol. The molecule has 5 heteroatoms. The molecule has 0 saturated carbocycles. The Bertz CT molecular complexity index is 409. The molecule has 0 fully saturated rings. The maximum atomic E-state index is 13.5. The molecular formula is C11H11BrF2N2. The van der Waals surface area contributed by atoms with Gasteiger partial charge in [-0.15, -0.1) is 0 Å². The lowest BCUT2D eigenvalue weighted by molar-refractivity contribution is 0.584. The maximum Gasteiger partial charge on any atom is 0.150 e. The summed E-state index contributed by atoms with van der Waals surface area (Å²) in [4.78, 5) is 4.25. The summed E-state index contributed by atoms with van der Waals surface area (Å²) in [7, 11) is 0. The van der Waals surface area contributed by atoms with Gasteiger partial charge in [0.1, 0.15) is 11.7 Å². The molecule has 1 aromatic carbocycles. The van der Waals surface area contributed by atoms with E-state index in [-0.39, 0.29) is 5.69 Å². The van der Waals surface area contributed by atoms with Gasteiger partial charge in [0.15, 0.2) is 5.82 Å². The first-order valence-corrected chi connectivity index (χ1v) is 5.91. The molecule has 0 aliphatic carbocycles. The number of benzene rings is 1. The molecule has 0 bridgehead atoms. The van der Waals surface area contributed by atoms with Crippen molar-refractivity contribution in [1.29, 1.82) is 0 Å². The molecule has 1 N–H and O–H groups in total. The highest BCUT2D eigenvalue weighted by Crippen LogP contribution is 2.27. The number of aliphatic imine (C=N–C) groups is 1. The van der Waals surface area contributed by atoms with Crippen LogP contribution in [0.4, 0.5) is 14.5 Å². The Kier molecular flexibility index (Phi) is 3.53. The molecule has 16 heavy (non-hydrogen) atoms. The molecule has 1 aliphatic heterocycles. The number of rotatable bonds is 1. The largest absolute Gasteiger partial charge is 0.341 e. The van der Waals surface area contributed by atoms with Gasteiger partial charge in [0.05, 0.1) is 5.69 Å². The molecule has 1 heterocycles. The van der Waals surface area contributed by atoms with Crippen LogP contribution in [0.15, 0.2) is 21.6 Å². The molecule has 1 aromatic rings. The molecule has 0 spiro atoms. The fraction of sp³-hybridized carbons (Fsp3) is 0.364. The summed E-state index contributed by atoms with van der Waals surface area (Å²) in [5, 5.41) is 2.91. The Labute approximate surface area is 101 Å². The van der Waals surface area contributed by atoms with Gasteiger partial charge in [-0.05, 0) is 34.8 Å². The highest BCUT2D eigenvalue weighted by molar-refractivity contribution is 9.10. The molecule has 1 aliphatic rings. The van der Waals surface area contributed by atoms with E-state index in [1.54, 1.807) is 0 Å². The van der Waals surface area contributed by atoms with E-state index in [1.165, 1.54) is 6.07 Å². The number of nitrogens with zero attached hydrogens (tertiary/aromatic N) is 1. The van der Waals surface area contributed by atoms with Gasteiger partial charge in [0.2, 0.25) is 0 Å². The Morgan fingerprint density at radius 1 is 1.25 bits per heavy atom. The van der Waals surface area contributed by atoms with E-state index in [1.807, 2.05) is 0 Å². The highest BCUT2D eigenvalue weighted by atomic mass is 79.9. The highest BCUT2D eigenvalue weighted by Gasteiger charge is 2.12. The fourth-order valence-corrected chi connectivity index (χ4v) is 2.11. The van der Waals surface area contributed by atoms with Crippen LogP contribution in [0.25, 0.3) is 0 Å². The van der Waals surface area contributed by atoms with Crippen LogP contribution in [0.2, 0.25) is 0 Å². The van der Waals surface area contributed by atoms with E-state index in [2.05, 4.69) is 26.2 Å². The molecule has 2 nitrogen and oxygen atoms in total. The molecule has 0 radical (unpaired) electrons. The summed E-state index contributed by atoms with van der Waals surface area (Å²) in [6.07, 6.45) is 2.92. The fourth-order valence-electron chi connectivity index (χ4n) is 1.61. The molecule has 2 rings (SSSR count). The van der Waals surface area contributed by atoms with Crippen molar-refractivity contribution in [3.05, 3.63) is 28.2 Å². The summed E-state index contributed by atoms with van der Waals surface area (Å²) in [6, 6.07) is 2.09. The number of hydrogen-bond acceptors (Lipinski definition) is 2. The van der Waals surface area contributed by atoms with E-state index < -0.39 is 11.6 Å². The molecule has 86 valence electrons. The van der Waals surface area contributed by atoms with Crippen LogP contribution >= 0.6 is 15.9 Å². The molecule has 0 amide bonds. The lowest BCUT2D eigenvalue weighted by Crippen LogP contribution is -2.17. The van der Waals surface area contributed by atoms with Crippen LogP contribution in [0.1, 0.15) is 19.3 Å². The Balaban J connectivity index is 2.24. The van der Waals surface area contributed by atoms with E-state index in [0.717, 1.165) is 37.7 Å². The summed E-state index contributed by atoms with van der Waals surface area (Å²) in [5.41, 5.74) is 0.252. The first-order valence-electron chi connectivity index (χ1n) is 5.12. The van der Waals surface area contributed by atoms with Crippen molar-refractivity contribution in [2.24, 2.45) is 4.99 Å². The number of anilines is 1. The average molecular weight is 289 g/mol. The van der Waals surface area contributed by atoms with Gasteiger partial charge < -0.3 is 5.32 Å². The number of nitrogens with one attached hydrogen (secondary N) is 1. The van der Waals surface area contributed by atoms with Crippen molar-refractivity contribution in [3.8, 4) is 0 Å². The molecule has 0 unspecified atom stereocenters. The van der Waals surface area contributed by atoms with E-state index >= 15 is 0 Å². The topological polar surface area (TPSA) is 24.4 Å². The zero-order valence-corrected chi connectivity index (χ0v) is 10.2. The third-order valence-corrected chi connectivity index (χ3v) is 3.03. The maximum absolute atomic E-state index is 13.5. The number of halogens is 3. The van der Waals surface area contributed by atoms with Crippen LogP contribution in [-0.4, -0.2) is 12.4 Å². The monoisotopic (exact) mass is 288 g/mol. The van der Waals surface area contributed by atoms with Crippen molar-refractivity contribution in [2.75, 3.05) is 11.9 Å². The van der Waals surface area contributed by atoms with Gasteiger partial charge in [-0.1, -0.05) is 0 Å². The van der Waals surface area contributed by atoms with Gasteiger partial charge in [-0.3, -0.25) is 4.99 Å². The zero-order chi connectivity index (χ0) is 11.5. The van der Waals surface area contributed by atoms with E-state index in [9.17, 15) is 8.78 Å². The van der Waals surface area contributed by atoms with Gasteiger partial charge in [0.25, 0.3) is 0 Å². The lowest BCUT2D eigenvalue weighted by Gasteiger charge is -2.15. The third kappa shape index (κ3) is 2.58. The van der Waals surface area contributed by atoms with Gasteiger partial charge in [0, 0.05) is 23.5 Å². The van der Waals surface area contributed by atoms with Gasteiger partial charge in [-0.25, -0.2) is 8.78 Å². The first-order chi connectivity index (χ1) is 7.66. The normalized spacial score (nSPS) is 15.8. The van der Waals surface area contributed by atoms with E-state index in [4.69, 9.17) is 0 Å². The zero-order valence-electron chi connectivity index (χ0n) is 8.56. The minimum absolute atomic E-state index is 0.252. The van der Waals surface area contributed by atoms with E-state index in [0.29, 0.717) is 4.47 Å². The second-order valence-corrected chi connectivity index (χ2v) is 4.51. The Morgan fingerprint density at radius 2 is 2.06 bits per heavy atom. The first kappa shape index (κ1) is 11.5. The Hall–Kier alpha value is -0.970. The van der Waals surface area contributed by atoms with Crippen LogP contribution < -0.4 is 5.32 Å². The van der Waals surface area contributed by atoms with Crippen LogP contribution in [0, 0.1) is 11.6 Å². The predicted octanol–water partition coefficient (Wildman–Crippen LogP) is 3.72. The summed E-state index contributed by atoms with van der Waals surface area (Å²) < 4.78 is 26.7. The molecule has 0 atom stereocenters. The second kappa shape index (κ2) is 4.91.